The van der Waals surface area contributed by atoms with Gasteiger partial charge in [-0.1, -0.05) is 6.07 Å². The van der Waals surface area contributed by atoms with Crippen LogP contribution in [0.5, 0.6) is 0 Å². The van der Waals surface area contributed by atoms with Gasteiger partial charge in [-0.25, -0.2) is 9.97 Å². The Morgan fingerprint density at radius 1 is 1.29 bits per heavy atom. The molecule has 35 heavy (non-hydrogen) atoms. The summed E-state index contributed by atoms with van der Waals surface area (Å²) in [7, 11) is 1.99. The van der Waals surface area contributed by atoms with Crippen LogP contribution in [0, 0.1) is 23.2 Å². The van der Waals surface area contributed by atoms with Gasteiger partial charge in [0.15, 0.2) is 0 Å². The first-order valence-electron chi connectivity index (χ1n) is 12.5. The minimum atomic E-state index is -0.482. The van der Waals surface area contributed by atoms with Crippen LogP contribution < -0.4 is 10.2 Å². The van der Waals surface area contributed by atoms with E-state index in [1.54, 1.807) is 23.4 Å². The lowest BCUT2D eigenvalue weighted by Gasteiger charge is -2.22. The van der Waals surface area contributed by atoms with Crippen molar-refractivity contribution < 1.29 is 4.79 Å². The number of hydrogen-bond acceptors (Lipinski definition) is 6. The highest BCUT2D eigenvalue weighted by atomic mass is 16.1. The van der Waals surface area contributed by atoms with Crippen LogP contribution in [0.3, 0.4) is 0 Å². The summed E-state index contributed by atoms with van der Waals surface area (Å²) in [6, 6.07) is 6.64. The van der Waals surface area contributed by atoms with E-state index in [4.69, 9.17) is 4.98 Å². The van der Waals surface area contributed by atoms with Crippen molar-refractivity contribution in [3.63, 3.8) is 0 Å². The number of nitrogens with zero attached hydrogens (tertiary/aromatic N) is 7. The van der Waals surface area contributed by atoms with Crippen LogP contribution in [-0.2, 0) is 25.4 Å². The van der Waals surface area contributed by atoms with E-state index in [1.165, 1.54) is 12.1 Å². The molecule has 0 radical (unpaired) electrons. The van der Waals surface area contributed by atoms with Crippen molar-refractivity contribution in [1.29, 1.82) is 5.26 Å². The Morgan fingerprint density at radius 3 is 2.89 bits per heavy atom. The Hall–Kier alpha value is -3.67. The largest absolute Gasteiger partial charge is 0.356 e. The lowest BCUT2D eigenvalue weighted by atomic mass is 9.98. The molecular formula is C26H28N8O. The maximum Gasteiger partial charge on any atom is 0.255 e. The average molecular weight is 469 g/mol. The molecule has 9 nitrogen and oxygen atoms in total. The number of pyridine rings is 1. The number of nitrogens with one attached hydrogen (secondary N) is 1. The monoisotopic (exact) mass is 468 g/mol. The van der Waals surface area contributed by atoms with Crippen LogP contribution in [0.2, 0.25) is 0 Å². The van der Waals surface area contributed by atoms with Crippen LogP contribution in [0.15, 0.2) is 30.9 Å². The topological polar surface area (TPSA) is 105 Å². The Labute approximate surface area is 203 Å². The lowest BCUT2D eigenvalue weighted by Crippen LogP contribution is -2.27. The highest BCUT2D eigenvalue weighted by Crippen LogP contribution is 2.50. The Balaban J connectivity index is 1.10. The molecule has 3 atom stereocenters. The zero-order valence-electron chi connectivity index (χ0n) is 19.8. The summed E-state index contributed by atoms with van der Waals surface area (Å²) in [5.74, 6) is 2.50. The molecule has 9 heteroatoms. The molecule has 1 N–H and O–H groups in total. The standard InChI is InChI=1S/C26H28N8O/c1-32-15-28-23-20(3-4-21(23)32)30-25(35)19-9-29-34(13-19)12-16-2-5-22(33-10-17-8-18(17)11-33)31-24(16)26(14-27)6-7-26/h2,5,9,13,15,17-18,20H,3-4,6-8,10-12H2,1H3,(H,30,35)/t17?,18?,20-/m1/s1. The zero-order chi connectivity index (χ0) is 23.7. The predicted octanol–water partition coefficient (Wildman–Crippen LogP) is 2.49. The van der Waals surface area contributed by atoms with Crippen LogP contribution in [-0.4, -0.2) is 43.3 Å². The van der Waals surface area contributed by atoms with Crippen molar-refractivity contribution >= 4 is 11.7 Å². The minimum Gasteiger partial charge on any atom is -0.356 e. The van der Waals surface area contributed by atoms with E-state index >= 15 is 0 Å². The summed E-state index contributed by atoms with van der Waals surface area (Å²) in [6.45, 7) is 2.64. The molecule has 4 aliphatic rings. The SMILES string of the molecule is Cn1cnc2c1CC[C@H]2NC(=O)c1cnn(Cc2ccc(N3CC4CC4C3)nc2C2(C#N)CC2)c1. The summed E-state index contributed by atoms with van der Waals surface area (Å²) in [4.78, 5) is 24.8. The van der Waals surface area contributed by atoms with Gasteiger partial charge in [0.25, 0.3) is 5.91 Å². The van der Waals surface area contributed by atoms with Crippen molar-refractivity contribution in [2.24, 2.45) is 18.9 Å². The fourth-order valence-corrected chi connectivity index (χ4v) is 5.92. The van der Waals surface area contributed by atoms with E-state index in [1.807, 2.05) is 11.6 Å². The molecule has 3 fully saturated rings. The summed E-state index contributed by atoms with van der Waals surface area (Å²) < 4.78 is 3.80. The smallest absolute Gasteiger partial charge is 0.255 e. The van der Waals surface area contributed by atoms with Crippen molar-refractivity contribution in [2.45, 2.75) is 50.1 Å². The third-order valence-corrected chi connectivity index (χ3v) is 8.31. The number of carbonyl (C=O) groups is 1. The number of nitriles is 1. The molecule has 0 aromatic carbocycles. The maximum atomic E-state index is 12.9. The lowest BCUT2D eigenvalue weighted by molar-refractivity contribution is 0.0936. The van der Waals surface area contributed by atoms with Crippen LogP contribution >= 0.6 is 0 Å². The molecule has 0 spiro atoms. The predicted molar refractivity (Wildman–Crippen MR) is 128 cm³/mol. The van der Waals surface area contributed by atoms with E-state index < -0.39 is 5.41 Å². The normalized spacial score (nSPS) is 25.1. The van der Waals surface area contributed by atoms with Crippen molar-refractivity contribution in [3.8, 4) is 6.07 Å². The van der Waals surface area contributed by atoms with Crippen molar-refractivity contribution in [3.05, 3.63) is 59.1 Å². The molecular weight excluding hydrogens is 440 g/mol. The molecule has 3 aliphatic carbocycles. The number of aromatic nitrogens is 5. The number of amides is 1. The molecule has 7 rings (SSSR count). The van der Waals surface area contributed by atoms with Crippen LogP contribution in [0.1, 0.15) is 64.7 Å². The molecule has 2 unspecified atom stereocenters. The Kier molecular flexibility index (Phi) is 4.38. The zero-order valence-corrected chi connectivity index (χ0v) is 19.8. The third-order valence-electron chi connectivity index (χ3n) is 8.31. The second-order valence-corrected chi connectivity index (χ2v) is 10.7. The minimum absolute atomic E-state index is 0.0626. The number of aryl methyl sites for hydroxylation is 1. The second-order valence-electron chi connectivity index (χ2n) is 10.7. The number of piperidine rings is 1. The Morgan fingerprint density at radius 2 is 2.11 bits per heavy atom. The van der Waals surface area contributed by atoms with Gasteiger partial charge in [-0.15, -0.1) is 0 Å². The van der Waals surface area contributed by atoms with Crippen molar-refractivity contribution in [1.82, 2.24) is 29.6 Å². The van der Waals surface area contributed by atoms with E-state index in [9.17, 15) is 10.1 Å². The van der Waals surface area contributed by atoms with E-state index in [0.717, 1.165) is 73.4 Å². The van der Waals surface area contributed by atoms with Crippen LogP contribution in [0.4, 0.5) is 5.82 Å². The molecule has 1 amide bonds. The number of hydrogen-bond donors (Lipinski definition) is 1. The van der Waals surface area contributed by atoms with Gasteiger partial charge >= 0.3 is 0 Å². The molecule has 1 aliphatic heterocycles. The summed E-state index contributed by atoms with van der Waals surface area (Å²) in [5.41, 5.74) is 4.08. The van der Waals surface area contributed by atoms with E-state index in [-0.39, 0.29) is 11.9 Å². The Bertz CT molecular complexity index is 1370. The first kappa shape index (κ1) is 20.7. The molecule has 2 saturated carbocycles. The number of carbonyl (C=O) groups excluding carboxylic acids is 1. The average Bonchev–Trinajstić information content (AvgIpc) is 3.53. The molecule has 3 aromatic heterocycles. The molecule has 3 aromatic rings. The van der Waals surface area contributed by atoms with Gasteiger partial charge in [0.05, 0.1) is 53.5 Å². The van der Waals surface area contributed by atoms with Crippen LogP contribution in [0.25, 0.3) is 0 Å². The summed E-state index contributed by atoms with van der Waals surface area (Å²) in [6.07, 6.45) is 10.0. The second kappa shape index (κ2) is 7.41. The van der Waals surface area contributed by atoms with Gasteiger partial charge in [0.1, 0.15) is 5.82 Å². The van der Waals surface area contributed by atoms with Gasteiger partial charge in [-0.05, 0) is 55.6 Å². The van der Waals surface area contributed by atoms with E-state index in [0.29, 0.717) is 12.1 Å². The first-order chi connectivity index (χ1) is 17.0. The summed E-state index contributed by atoms with van der Waals surface area (Å²) in [5, 5.41) is 17.5. The number of rotatable bonds is 6. The molecule has 178 valence electrons. The molecule has 1 saturated heterocycles. The fraction of sp³-hybridized carbons (Fsp3) is 0.500. The van der Waals surface area contributed by atoms with E-state index in [2.05, 4.69) is 38.5 Å². The highest BCUT2D eigenvalue weighted by molar-refractivity contribution is 5.94. The highest BCUT2D eigenvalue weighted by Gasteiger charge is 2.49. The van der Waals surface area contributed by atoms with Gasteiger partial charge in [-0.2, -0.15) is 10.4 Å². The summed E-state index contributed by atoms with van der Waals surface area (Å²) >= 11 is 0. The third kappa shape index (κ3) is 3.42. The van der Waals surface area contributed by atoms with Gasteiger partial charge < -0.3 is 14.8 Å². The molecule has 0 bridgehead atoms. The number of fused-ring (bicyclic) bond motifs is 2. The first-order valence-corrected chi connectivity index (χ1v) is 12.5. The quantitative estimate of drug-likeness (QED) is 0.596. The number of anilines is 1. The molecule has 4 heterocycles. The van der Waals surface area contributed by atoms with Gasteiger partial charge in [-0.3, -0.25) is 9.48 Å². The fourth-order valence-electron chi connectivity index (χ4n) is 5.92. The van der Waals surface area contributed by atoms with Crippen molar-refractivity contribution in [2.75, 3.05) is 18.0 Å². The van der Waals surface area contributed by atoms with Gasteiger partial charge in [0.2, 0.25) is 0 Å². The maximum absolute atomic E-state index is 12.9. The van der Waals surface area contributed by atoms with Gasteiger partial charge in [0, 0.05) is 32.0 Å². The number of imidazole rings is 1.